The second kappa shape index (κ2) is 6.26. The molecule has 4 N–H and O–H groups in total. The van der Waals surface area contributed by atoms with Crippen molar-refractivity contribution in [2.75, 3.05) is 16.4 Å². The molecule has 0 saturated carbocycles. The van der Waals surface area contributed by atoms with Crippen molar-refractivity contribution in [3.05, 3.63) is 41.2 Å². The monoisotopic (exact) mass is 369 g/mol. The maximum absolute atomic E-state index is 6.22. The number of fused-ring (bicyclic) bond motifs is 1. The minimum Gasteiger partial charge on any atom is -0.393 e. The molecule has 0 aliphatic rings. The summed E-state index contributed by atoms with van der Waals surface area (Å²) in [4.78, 5) is 18.6. The highest BCUT2D eigenvalue weighted by molar-refractivity contribution is 7.22. The fraction of sp³-hybridized carbons (Fsp3) is 0.125. The van der Waals surface area contributed by atoms with E-state index in [0.29, 0.717) is 17.3 Å². The standard InChI is InChI=1S/C16H15N7S2/c1-8-9(2)24-15(20-8)22-13-12(17)14(19-7-18-13)23-16-21-10-5-3-4-6-11(10)25-16/h3-7H,17H2,1-2H3,(H2,18,19,20,21,22,23). The van der Waals surface area contributed by atoms with Gasteiger partial charge in [0, 0.05) is 4.88 Å². The van der Waals surface area contributed by atoms with E-state index in [1.54, 1.807) is 22.7 Å². The highest BCUT2D eigenvalue weighted by Gasteiger charge is 2.12. The van der Waals surface area contributed by atoms with Crippen molar-refractivity contribution in [2.45, 2.75) is 13.8 Å². The van der Waals surface area contributed by atoms with Crippen LogP contribution in [-0.2, 0) is 0 Å². The first-order valence-electron chi connectivity index (χ1n) is 7.54. The van der Waals surface area contributed by atoms with Crippen molar-refractivity contribution in [3.63, 3.8) is 0 Å². The molecular formula is C16H15N7S2. The Morgan fingerprint density at radius 2 is 1.60 bits per heavy atom. The molecule has 3 heterocycles. The van der Waals surface area contributed by atoms with Crippen molar-refractivity contribution in [3.8, 4) is 0 Å². The number of aryl methyl sites for hydroxylation is 2. The lowest BCUT2D eigenvalue weighted by Crippen LogP contribution is -2.05. The summed E-state index contributed by atoms with van der Waals surface area (Å²) in [7, 11) is 0. The molecule has 4 aromatic rings. The molecule has 7 nitrogen and oxygen atoms in total. The predicted octanol–water partition coefficient (Wildman–Crippen LogP) is 4.23. The Labute approximate surface area is 152 Å². The lowest BCUT2D eigenvalue weighted by molar-refractivity contribution is 1.16. The Morgan fingerprint density at radius 1 is 0.920 bits per heavy atom. The quantitative estimate of drug-likeness (QED) is 0.495. The molecule has 0 amide bonds. The number of nitrogens with one attached hydrogen (secondary N) is 2. The van der Waals surface area contributed by atoms with Gasteiger partial charge in [-0.05, 0) is 26.0 Å². The second-order valence-electron chi connectivity index (χ2n) is 5.38. The Morgan fingerprint density at radius 3 is 2.24 bits per heavy atom. The van der Waals surface area contributed by atoms with Crippen molar-refractivity contribution in [1.82, 2.24) is 19.9 Å². The summed E-state index contributed by atoms with van der Waals surface area (Å²) >= 11 is 3.11. The molecule has 4 rings (SSSR count). The maximum atomic E-state index is 6.22. The van der Waals surface area contributed by atoms with Crippen LogP contribution in [0.15, 0.2) is 30.6 Å². The van der Waals surface area contributed by atoms with Crippen molar-refractivity contribution in [2.24, 2.45) is 0 Å². The van der Waals surface area contributed by atoms with Gasteiger partial charge in [-0.1, -0.05) is 23.5 Å². The normalized spacial score (nSPS) is 11.0. The van der Waals surface area contributed by atoms with Gasteiger partial charge >= 0.3 is 0 Å². The van der Waals surface area contributed by atoms with E-state index < -0.39 is 0 Å². The van der Waals surface area contributed by atoms with Crippen LogP contribution in [-0.4, -0.2) is 19.9 Å². The molecule has 0 unspecified atom stereocenters. The van der Waals surface area contributed by atoms with Crippen LogP contribution in [0.5, 0.6) is 0 Å². The van der Waals surface area contributed by atoms with Crippen LogP contribution in [0.3, 0.4) is 0 Å². The number of nitrogens with zero attached hydrogens (tertiary/aromatic N) is 4. The summed E-state index contributed by atoms with van der Waals surface area (Å²) in [6.07, 6.45) is 1.46. The van der Waals surface area contributed by atoms with Gasteiger partial charge in [0.05, 0.1) is 15.9 Å². The average molecular weight is 369 g/mol. The first-order chi connectivity index (χ1) is 12.1. The molecule has 25 heavy (non-hydrogen) atoms. The minimum absolute atomic E-state index is 0.423. The van der Waals surface area contributed by atoms with Crippen LogP contribution in [0.25, 0.3) is 10.2 Å². The number of benzene rings is 1. The van der Waals surface area contributed by atoms with Gasteiger partial charge in [0.2, 0.25) is 0 Å². The van der Waals surface area contributed by atoms with Gasteiger partial charge in [-0.15, -0.1) is 11.3 Å². The van der Waals surface area contributed by atoms with Gasteiger partial charge < -0.3 is 16.4 Å². The zero-order valence-corrected chi connectivity index (χ0v) is 15.2. The molecule has 0 radical (unpaired) electrons. The number of nitrogen functional groups attached to an aromatic ring is 1. The molecular weight excluding hydrogens is 354 g/mol. The summed E-state index contributed by atoms with van der Waals surface area (Å²) in [6, 6.07) is 7.95. The maximum Gasteiger partial charge on any atom is 0.189 e. The molecule has 0 saturated heterocycles. The number of hydrogen-bond acceptors (Lipinski definition) is 9. The predicted molar refractivity (Wildman–Crippen MR) is 104 cm³/mol. The van der Waals surface area contributed by atoms with E-state index in [-0.39, 0.29) is 0 Å². The molecule has 0 atom stereocenters. The number of nitrogens with two attached hydrogens (primary N) is 1. The van der Waals surface area contributed by atoms with Crippen LogP contribution in [0.4, 0.5) is 27.6 Å². The van der Waals surface area contributed by atoms with Gasteiger partial charge in [-0.3, -0.25) is 0 Å². The number of para-hydroxylation sites is 1. The molecule has 3 aromatic heterocycles. The lowest BCUT2D eigenvalue weighted by Gasteiger charge is -2.09. The van der Waals surface area contributed by atoms with Crippen molar-refractivity contribution >= 4 is 60.5 Å². The SMILES string of the molecule is Cc1nc(Nc2ncnc(Nc3nc4ccccc4s3)c2N)sc1C. The van der Waals surface area contributed by atoms with Crippen molar-refractivity contribution in [1.29, 1.82) is 0 Å². The first-order valence-corrected chi connectivity index (χ1v) is 9.17. The highest BCUT2D eigenvalue weighted by atomic mass is 32.1. The molecule has 0 aliphatic heterocycles. The summed E-state index contributed by atoms with van der Waals surface area (Å²) in [5.41, 5.74) is 8.58. The second-order valence-corrected chi connectivity index (χ2v) is 7.62. The van der Waals surface area contributed by atoms with Gasteiger partial charge in [-0.2, -0.15) is 0 Å². The van der Waals surface area contributed by atoms with Crippen molar-refractivity contribution < 1.29 is 0 Å². The average Bonchev–Trinajstić information content (AvgIpc) is 3.14. The third kappa shape index (κ3) is 3.11. The van der Waals surface area contributed by atoms with E-state index in [4.69, 9.17) is 5.73 Å². The van der Waals surface area contributed by atoms with Crippen LogP contribution in [0, 0.1) is 13.8 Å². The van der Waals surface area contributed by atoms with Gasteiger partial charge in [-0.25, -0.2) is 19.9 Å². The molecule has 0 aliphatic carbocycles. The number of hydrogen-bond donors (Lipinski definition) is 3. The van der Waals surface area contributed by atoms with E-state index in [0.717, 1.165) is 31.1 Å². The van der Waals surface area contributed by atoms with Gasteiger partial charge in [0.25, 0.3) is 0 Å². The van der Waals surface area contributed by atoms with Crippen LogP contribution in [0.2, 0.25) is 0 Å². The Balaban J connectivity index is 1.62. The Bertz CT molecular complexity index is 1000. The molecule has 0 fully saturated rings. The molecule has 1 aromatic carbocycles. The fourth-order valence-corrected chi connectivity index (χ4v) is 3.93. The Hall–Kier alpha value is -2.78. The summed E-state index contributed by atoms with van der Waals surface area (Å²) in [5, 5.41) is 7.83. The largest absolute Gasteiger partial charge is 0.393 e. The molecule has 0 bridgehead atoms. The molecule has 9 heteroatoms. The zero-order valence-electron chi connectivity index (χ0n) is 13.6. The first kappa shape index (κ1) is 15.7. The zero-order chi connectivity index (χ0) is 17.4. The molecule has 0 spiro atoms. The minimum atomic E-state index is 0.423. The third-order valence-electron chi connectivity index (χ3n) is 3.66. The Kier molecular flexibility index (Phi) is 3.94. The van der Waals surface area contributed by atoms with Crippen LogP contribution < -0.4 is 16.4 Å². The highest BCUT2D eigenvalue weighted by Crippen LogP contribution is 2.32. The summed E-state index contributed by atoms with van der Waals surface area (Å²) in [6.45, 7) is 4.00. The molecule has 126 valence electrons. The number of anilines is 5. The topological polar surface area (TPSA) is 102 Å². The van der Waals surface area contributed by atoms with E-state index in [2.05, 4.69) is 30.6 Å². The number of rotatable bonds is 4. The van der Waals surface area contributed by atoms with E-state index >= 15 is 0 Å². The van der Waals surface area contributed by atoms with Gasteiger partial charge in [0.15, 0.2) is 21.9 Å². The van der Waals surface area contributed by atoms with Gasteiger partial charge in [0.1, 0.15) is 12.0 Å². The fourth-order valence-electron chi connectivity index (χ4n) is 2.25. The number of thiazole rings is 2. The third-order valence-corrected chi connectivity index (χ3v) is 5.60. The van der Waals surface area contributed by atoms with Crippen LogP contribution in [0.1, 0.15) is 10.6 Å². The summed E-state index contributed by atoms with van der Waals surface area (Å²) < 4.78 is 1.10. The lowest BCUT2D eigenvalue weighted by atomic mass is 10.3. The number of aromatic nitrogens is 4. The van der Waals surface area contributed by atoms with E-state index in [1.807, 2.05) is 38.1 Å². The van der Waals surface area contributed by atoms with Crippen LogP contribution >= 0.6 is 22.7 Å². The van der Waals surface area contributed by atoms with E-state index in [9.17, 15) is 0 Å². The van der Waals surface area contributed by atoms with E-state index in [1.165, 1.54) is 6.33 Å². The summed E-state index contributed by atoms with van der Waals surface area (Å²) in [5.74, 6) is 1.04. The smallest absolute Gasteiger partial charge is 0.189 e.